The Morgan fingerprint density at radius 3 is 2.72 bits per heavy atom. The predicted molar refractivity (Wildman–Crippen MR) is 145 cm³/mol. The van der Waals surface area contributed by atoms with Crippen molar-refractivity contribution in [1.82, 2.24) is 20.1 Å². The second-order valence-electron chi connectivity index (χ2n) is 10.3. The Hall–Kier alpha value is -3.03. The van der Waals surface area contributed by atoms with Crippen molar-refractivity contribution in [1.29, 1.82) is 0 Å². The van der Waals surface area contributed by atoms with Gasteiger partial charge in [-0.2, -0.15) is 0 Å². The number of likely N-dealkylation sites (tertiary alicyclic amines) is 1. The number of aromatic nitrogens is 1. The van der Waals surface area contributed by atoms with E-state index in [1.54, 1.807) is 0 Å². The molecule has 0 aliphatic carbocycles. The summed E-state index contributed by atoms with van der Waals surface area (Å²) in [6, 6.07) is 7.66. The maximum absolute atomic E-state index is 14.5. The van der Waals surface area contributed by atoms with Crippen molar-refractivity contribution in [3.63, 3.8) is 0 Å². The Kier molecular flexibility index (Phi) is 8.19. The molecule has 5 N–H and O–H groups in total. The fraction of sp³-hybridized carbons (Fsp3) is 0.481. The van der Waals surface area contributed by atoms with Gasteiger partial charge in [-0.15, -0.1) is 0 Å². The molecule has 1 atom stereocenters. The van der Waals surface area contributed by atoms with Crippen LogP contribution in [0.2, 0.25) is 0 Å². The Bertz CT molecular complexity index is 1380. The van der Waals surface area contributed by atoms with Crippen molar-refractivity contribution in [3.05, 3.63) is 62.5 Å². The number of aliphatic hydroxyl groups is 1. The van der Waals surface area contributed by atoms with Crippen LogP contribution in [0.25, 0.3) is 10.2 Å². The third kappa shape index (κ3) is 6.42. The van der Waals surface area contributed by atoms with Gasteiger partial charge in [0.05, 0.1) is 29.6 Å². The molecule has 1 amide bonds. The largest absolute Gasteiger partial charge is 0.506 e. The van der Waals surface area contributed by atoms with E-state index < -0.39 is 12.2 Å². The molecule has 10 nitrogen and oxygen atoms in total. The van der Waals surface area contributed by atoms with Gasteiger partial charge in [0.1, 0.15) is 17.1 Å². The Morgan fingerprint density at radius 2 is 2.00 bits per heavy atom. The maximum atomic E-state index is 14.5. The van der Waals surface area contributed by atoms with Gasteiger partial charge in [-0.3, -0.25) is 9.69 Å². The standard InChI is InChI=1S/C27H33FN4O6S/c28-19-12-17(11-18(13-19)14-31-8-4-27(5-9-31)16-29-6-10-38-27)3-7-32(26(36)37)15-22(34)20-1-2-21(33)23-24(20)39-25(35)30-23/h1-2,11-13,22,29,33-34H,3-10,14-16H2,(H,30,35)(H,36,37). The number of aromatic hydroxyl groups is 1. The zero-order valence-corrected chi connectivity index (χ0v) is 22.3. The minimum atomic E-state index is -1.22. The number of rotatable bonds is 8. The molecule has 39 heavy (non-hydrogen) atoms. The zero-order valence-electron chi connectivity index (χ0n) is 21.5. The zero-order chi connectivity index (χ0) is 27.6. The number of phenolic OH excluding ortho intramolecular Hbond substituents is 1. The van der Waals surface area contributed by atoms with Gasteiger partial charge in [-0.25, -0.2) is 9.18 Å². The Labute approximate surface area is 228 Å². The summed E-state index contributed by atoms with van der Waals surface area (Å²) >= 11 is 0.838. The van der Waals surface area contributed by atoms with Crippen molar-refractivity contribution in [2.45, 2.75) is 37.5 Å². The number of nitrogens with zero attached hydrogens (tertiary/aromatic N) is 2. The molecule has 12 heteroatoms. The van der Waals surface area contributed by atoms with E-state index in [2.05, 4.69) is 15.2 Å². The van der Waals surface area contributed by atoms with Crippen LogP contribution in [-0.2, 0) is 17.7 Å². The van der Waals surface area contributed by atoms with E-state index in [1.807, 2.05) is 6.07 Å². The van der Waals surface area contributed by atoms with Crippen LogP contribution in [0, 0.1) is 5.82 Å². The number of fused-ring (bicyclic) bond motifs is 1. The van der Waals surface area contributed by atoms with Crippen LogP contribution in [0.15, 0.2) is 35.1 Å². The molecule has 2 aliphatic heterocycles. The smallest absolute Gasteiger partial charge is 0.407 e. The van der Waals surface area contributed by atoms with Gasteiger partial charge in [-0.05, 0) is 48.6 Å². The quantitative estimate of drug-likeness (QED) is 0.284. The Balaban J connectivity index is 1.21. The first-order valence-electron chi connectivity index (χ1n) is 13.1. The summed E-state index contributed by atoms with van der Waals surface area (Å²) in [6.07, 6.45) is -0.320. The van der Waals surface area contributed by atoms with Gasteiger partial charge in [0.25, 0.3) is 0 Å². The molecule has 1 spiro atoms. The molecule has 3 aromatic rings. The number of aliphatic hydroxyl groups excluding tert-OH is 1. The Morgan fingerprint density at radius 1 is 1.23 bits per heavy atom. The summed E-state index contributed by atoms with van der Waals surface area (Å²) < 4.78 is 20.9. The maximum Gasteiger partial charge on any atom is 0.407 e. The average Bonchev–Trinajstić information content (AvgIpc) is 3.30. The van der Waals surface area contributed by atoms with Crippen LogP contribution in [0.4, 0.5) is 9.18 Å². The summed E-state index contributed by atoms with van der Waals surface area (Å²) in [5.74, 6) is -0.494. The van der Waals surface area contributed by atoms with Crippen molar-refractivity contribution in [2.24, 2.45) is 0 Å². The highest BCUT2D eigenvalue weighted by Crippen LogP contribution is 2.32. The normalized spacial score (nSPS) is 18.4. The van der Waals surface area contributed by atoms with E-state index in [9.17, 15) is 29.3 Å². The van der Waals surface area contributed by atoms with Gasteiger partial charge in [0.15, 0.2) is 0 Å². The molecule has 0 bridgehead atoms. The van der Waals surface area contributed by atoms with E-state index in [0.29, 0.717) is 22.4 Å². The summed E-state index contributed by atoms with van der Waals surface area (Å²) in [5.41, 5.74) is 1.97. The van der Waals surface area contributed by atoms with Crippen LogP contribution < -0.4 is 10.2 Å². The third-order valence-electron chi connectivity index (χ3n) is 7.61. The van der Waals surface area contributed by atoms with Crippen molar-refractivity contribution in [2.75, 3.05) is 45.9 Å². The number of halogens is 1. The van der Waals surface area contributed by atoms with Gasteiger partial charge in [-0.1, -0.05) is 23.5 Å². The number of carbonyl (C=O) groups is 1. The fourth-order valence-electron chi connectivity index (χ4n) is 5.50. The van der Waals surface area contributed by atoms with E-state index in [1.165, 1.54) is 24.3 Å². The highest BCUT2D eigenvalue weighted by molar-refractivity contribution is 7.16. The summed E-state index contributed by atoms with van der Waals surface area (Å²) in [4.78, 5) is 29.2. The number of carboxylic acid groups (broad SMARTS) is 1. The number of hydrogen-bond acceptors (Lipinski definition) is 8. The second kappa shape index (κ2) is 11.6. The fourth-order valence-corrected chi connectivity index (χ4v) is 6.41. The van der Waals surface area contributed by atoms with Crippen LogP contribution in [0.1, 0.15) is 35.6 Å². The molecule has 2 aromatic carbocycles. The van der Waals surface area contributed by atoms with Crippen LogP contribution >= 0.6 is 11.3 Å². The minimum Gasteiger partial charge on any atom is -0.506 e. The number of benzene rings is 2. The van der Waals surface area contributed by atoms with E-state index in [0.717, 1.165) is 67.4 Å². The molecule has 0 radical (unpaired) electrons. The van der Waals surface area contributed by atoms with E-state index >= 15 is 0 Å². The third-order valence-corrected chi connectivity index (χ3v) is 8.54. The topological polar surface area (TPSA) is 138 Å². The number of piperidine rings is 1. The predicted octanol–water partition coefficient (Wildman–Crippen LogP) is 2.64. The SMILES string of the molecule is O=C(O)N(CCc1cc(F)cc(CN2CCC3(CC2)CNCCO3)c1)CC(O)c1ccc(O)c2[nH]c(=O)sc12. The number of aromatic amines is 1. The number of phenols is 1. The average molecular weight is 561 g/mol. The molecule has 210 valence electrons. The van der Waals surface area contributed by atoms with E-state index in [-0.39, 0.29) is 47.1 Å². The molecule has 1 unspecified atom stereocenters. The first-order valence-corrected chi connectivity index (χ1v) is 13.9. The molecule has 0 saturated carbocycles. The lowest BCUT2D eigenvalue weighted by Gasteiger charge is -2.44. The van der Waals surface area contributed by atoms with Crippen molar-refractivity contribution >= 4 is 27.6 Å². The van der Waals surface area contributed by atoms with Crippen molar-refractivity contribution < 1.29 is 29.2 Å². The highest BCUT2D eigenvalue weighted by Gasteiger charge is 2.36. The van der Waals surface area contributed by atoms with Gasteiger partial charge >= 0.3 is 11.0 Å². The van der Waals surface area contributed by atoms with Crippen molar-refractivity contribution in [3.8, 4) is 5.75 Å². The number of hydrogen-bond donors (Lipinski definition) is 5. The molecule has 2 saturated heterocycles. The molecule has 3 heterocycles. The number of nitrogens with one attached hydrogen (secondary N) is 2. The summed E-state index contributed by atoms with van der Waals surface area (Å²) in [5, 5.41) is 34.0. The molecule has 1 aromatic heterocycles. The lowest BCUT2D eigenvalue weighted by Crippen LogP contribution is -2.55. The number of amides is 1. The molecule has 2 aliphatic rings. The lowest BCUT2D eigenvalue weighted by molar-refractivity contribution is -0.100. The van der Waals surface area contributed by atoms with Crippen LogP contribution in [0.3, 0.4) is 0 Å². The lowest BCUT2D eigenvalue weighted by atomic mass is 9.90. The number of morpholine rings is 1. The van der Waals surface area contributed by atoms with Gasteiger partial charge in [0, 0.05) is 44.8 Å². The first-order chi connectivity index (χ1) is 18.7. The molecule has 2 fully saturated rings. The van der Waals surface area contributed by atoms with Gasteiger partial charge < -0.3 is 35.3 Å². The number of ether oxygens (including phenoxy) is 1. The minimum absolute atomic E-state index is 0.0520. The van der Waals surface area contributed by atoms with Gasteiger partial charge in [0.2, 0.25) is 0 Å². The first kappa shape index (κ1) is 27.5. The monoisotopic (exact) mass is 560 g/mol. The molecular formula is C27H33FN4O6S. The van der Waals surface area contributed by atoms with E-state index in [4.69, 9.17) is 4.74 Å². The molecular weight excluding hydrogens is 527 g/mol. The van der Waals surface area contributed by atoms with Crippen LogP contribution in [0.5, 0.6) is 5.75 Å². The number of H-pyrrole nitrogens is 1. The summed E-state index contributed by atoms with van der Waals surface area (Å²) in [7, 11) is 0. The second-order valence-corrected chi connectivity index (χ2v) is 11.3. The van der Waals surface area contributed by atoms with Crippen LogP contribution in [-0.4, -0.2) is 87.7 Å². The highest BCUT2D eigenvalue weighted by atomic mass is 32.1. The number of thiazole rings is 1. The summed E-state index contributed by atoms with van der Waals surface area (Å²) in [6.45, 7) is 4.61. The molecule has 5 rings (SSSR count).